The summed E-state index contributed by atoms with van der Waals surface area (Å²) in [6.45, 7) is 1.67. The fourth-order valence-corrected chi connectivity index (χ4v) is 0.787. The van der Waals surface area contributed by atoms with Crippen molar-refractivity contribution in [3.63, 3.8) is 0 Å². The van der Waals surface area contributed by atoms with E-state index in [1.807, 2.05) is 6.26 Å². The average Bonchev–Trinajstić information content (AvgIpc) is 2.32. The molecule has 0 heterocycles. The molecule has 0 aliphatic carbocycles. The van der Waals surface area contributed by atoms with Gasteiger partial charge in [-0.25, -0.2) is 8.42 Å². The monoisotopic (exact) mass is 410 g/mol. The normalized spacial score (nSPS) is 9.60. The van der Waals surface area contributed by atoms with Gasteiger partial charge in [-0.2, -0.15) is 12.6 Å². The van der Waals surface area contributed by atoms with E-state index in [9.17, 15) is 8.42 Å². The molecule has 0 aliphatic heterocycles. The molecule has 0 aromatic heterocycles. The first-order chi connectivity index (χ1) is 8.24. The summed E-state index contributed by atoms with van der Waals surface area (Å²) in [5.74, 6) is 1.90. The van der Waals surface area contributed by atoms with Crippen molar-refractivity contribution >= 4 is 52.9 Å². The lowest BCUT2D eigenvalue weighted by atomic mass is 10.8. The molecule has 6 N–H and O–H groups in total. The van der Waals surface area contributed by atoms with Crippen molar-refractivity contribution in [2.45, 2.75) is 7.43 Å². The molecule has 0 bridgehead atoms. The number of aliphatic hydroxyl groups is 1. The molecule has 0 aromatic carbocycles. The predicted octanol–water partition coefficient (Wildman–Crippen LogP) is -3.63. The number of hydrogen-bond acceptors (Lipinski definition) is 7. The number of hydrogen-bond donors (Lipinski definition) is 4. The molecule has 20 heavy (non-hydrogen) atoms. The van der Waals surface area contributed by atoms with Gasteiger partial charge in [-0.15, -0.1) is 9.45 Å². The van der Waals surface area contributed by atoms with Crippen molar-refractivity contribution in [1.29, 1.82) is 0 Å². The molecule has 0 rings (SSSR count). The average molecular weight is 411 g/mol. The van der Waals surface area contributed by atoms with E-state index in [2.05, 4.69) is 18.4 Å². The first-order valence-corrected chi connectivity index (χ1v) is 11.8. The number of thiol groups is 1. The highest BCUT2D eigenvalue weighted by atomic mass is 35.5. The Labute approximate surface area is 147 Å². The second-order valence-electron chi connectivity index (χ2n) is 2.51. The van der Waals surface area contributed by atoms with Crippen LogP contribution in [0.25, 0.3) is 0 Å². The zero-order valence-electron chi connectivity index (χ0n) is 11.8. The van der Waals surface area contributed by atoms with Crippen LogP contribution in [0.3, 0.4) is 0 Å². The third-order valence-corrected chi connectivity index (χ3v) is 4.92. The van der Waals surface area contributed by atoms with Crippen LogP contribution >= 0.6 is 23.4 Å². The van der Waals surface area contributed by atoms with Crippen LogP contribution in [0.1, 0.15) is 7.43 Å². The molecule has 132 valence electrons. The van der Waals surface area contributed by atoms with Crippen LogP contribution < -0.4 is 23.9 Å². The maximum atomic E-state index is 9.96. The Balaban J connectivity index is -0.0000000335. The third-order valence-electron chi connectivity index (χ3n) is 0.866. The van der Waals surface area contributed by atoms with Gasteiger partial charge < -0.3 is 29.0 Å². The molecule has 0 spiro atoms. The van der Waals surface area contributed by atoms with Crippen LogP contribution in [0.5, 0.6) is 0 Å². The van der Waals surface area contributed by atoms with Gasteiger partial charge in [0.2, 0.25) is 0 Å². The van der Waals surface area contributed by atoms with Crippen molar-refractivity contribution < 1.29 is 31.7 Å². The minimum atomic E-state index is -2.75. The lowest BCUT2D eigenvalue weighted by molar-refractivity contribution is -0.360. The van der Waals surface area contributed by atoms with Gasteiger partial charge in [-0.05, 0) is 23.3 Å². The zero-order valence-corrected chi connectivity index (χ0v) is 16.8. The Morgan fingerprint density at radius 1 is 1.45 bits per heavy atom. The van der Waals surface area contributed by atoms with Gasteiger partial charge >= 0.3 is 0 Å². The lowest BCUT2D eigenvalue weighted by Crippen LogP contribution is -3.00. The van der Waals surface area contributed by atoms with Gasteiger partial charge in [-0.3, -0.25) is 0 Å². The SMILES string of the molecule is C.CO.CS(=S)CCN.CSS(C)(=O)=O.[Cl-].[NH3+]CCS. The van der Waals surface area contributed by atoms with E-state index in [4.69, 9.17) is 22.0 Å². The predicted molar refractivity (Wildman–Crippen MR) is 99.4 cm³/mol. The molecule has 0 radical (unpaired) electrons. The lowest BCUT2D eigenvalue weighted by Gasteiger charge is -1.87. The van der Waals surface area contributed by atoms with Gasteiger partial charge in [0, 0.05) is 31.4 Å². The second kappa shape index (κ2) is 32.4. The minimum Gasteiger partial charge on any atom is -1.00 e. The van der Waals surface area contributed by atoms with Crippen molar-refractivity contribution in [2.24, 2.45) is 5.73 Å². The summed E-state index contributed by atoms with van der Waals surface area (Å²) < 4.78 is 19.9. The van der Waals surface area contributed by atoms with E-state index in [1.54, 1.807) is 0 Å². The van der Waals surface area contributed by atoms with Gasteiger partial charge in [0.05, 0.1) is 6.54 Å². The highest BCUT2D eigenvalue weighted by molar-refractivity contribution is 8.71. The molecule has 0 aliphatic rings. The Kier molecular flexibility index (Phi) is 60.8. The Hall–Kier alpha value is 1.39. The molecule has 0 fully saturated rings. The topological polar surface area (TPSA) is 108 Å². The summed E-state index contributed by atoms with van der Waals surface area (Å²) >= 11 is 8.68. The van der Waals surface area contributed by atoms with Gasteiger partial charge in [-0.1, -0.05) is 18.6 Å². The van der Waals surface area contributed by atoms with E-state index < -0.39 is 8.87 Å². The molecule has 1 unspecified atom stereocenters. The maximum absolute atomic E-state index is 9.96. The van der Waals surface area contributed by atoms with Crippen molar-refractivity contribution in [1.82, 2.24) is 0 Å². The zero-order chi connectivity index (χ0) is 15.6. The number of rotatable bonds is 4. The molecule has 0 saturated heterocycles. The van der Waals surface area contributed by atoms with Gasteiger partial charge in [0.25, 0.3) is 0 Å². The van der Waals surface area contributed by atoms with Crippen LogP contribution in [0.15, 0.2) is 0 Å². The van der Waals surface area contributed by atoms with E-state index in [-0.39, 0.29) is 29.3 Å². The molecular formula is C9H31ClN2O3S5. The molecule has 0 saturated carbocycles. The summed E-state index contributed by atoms with van der Waals surface area (Å²) in [5, 5.41) is 7.00. The Morgan fingerprint density at radius 3 is 1.70 bits per heavy atom. The molecular weight excluding hydrogens is 380 g/mol. The van der Waals surface area contributed by atoms with E-state index in [0.717, 1.165) is 42.5 Å². The summed E-state index contributed by atoms with van der Waals surface area (Å²) in [4.78, 5) is 0. The first kappa shape index (κ1) is 37.5. The number of aliphatic hydroxyl groups excluding tert-OH is 1. The Morgan fingerprint density at radius 2 is 1.70 bits per heavy atom. The van der Waals surface area contributed by atoms with Crippen LogP contribution in [-0.2, 0) is 29.5 Å². The molecule has 11 heteroatoms. The molecule has 0 aromatic rings. The van der Waals surface area contributed by atoms with Crippen LogP contribution in [-0.4, -0.2) is 64.0 Å². The number of quaternary nitrogens is 1. The third kappa shape index (κ3) is 93.2. The summed E-state index contributed by atoms with van der Waals surface area (Å²) in [5.41, 5.74) is 8.70. The summed E-state index contributed by atoms with van der Waals surface area (Å²) in [7, 11) is -0.748. The van der Waals surface area contributed by atoms with Crippen LogP contribution in [0.2, 0.25) is 0 Å². The highest BCUT2D eigenvalue weighted by Crippen LogP contribution is 2.00. The summed E-state index contributed by atoms with van der Waals surface area (Å²) in [6, 6.07) is 0. The standard InChI is InChI=1S/C3H9NS2.C2H7NS.C2H6O2S2.CH4O.CH4.ClH/c1-6(5)3-2-4;3-1-2-4;1-5-6(2,3)4;1-2;;/h2-4H2,1H3;4H,1-3H2;1-2H3;2H,1H3;1H4;1H. The van der Waals surface area contributed by atoms with E-state index >= 15 is 0 Å². The fraction of sp³-hybridized carbons (Fsp3) is 1.00. The molecule has 0 amide bonds. The molecule has 1 atom stereocenters. The summed E-state index contributed by atoms with van der Waals surface area (Å²) in [6.07, 6.45) is 4.73. The maximum Gasteiger partial charge on any atom is 0.198 e. The smallest absolute Gasteiger partial charge is 0.198 e. The largest absolute Gasteiger partial charge is 1.00 e. The van der Waals surface area contributed by atoms with Gasteiger partial charge in [0.15, 0.2) is 8.87 Å². The van der Waals surface area contributed by atoms with E-state index in [0.29, 0.717) is 0 Å². The van der Waals surface area contributed by atoms with Crippen molar-refractivity contribution in [3.8, 4) is 0 Å². The van der Waals surface area contributed by atoms with E-state index in [1.165, 1.54) is 12.5 Å². The second-order valence-corrected chi connectivity index (χ2v) is 10.8. The van der Waals surface area contributed by atoms with Gasteiger partial charge in [0.1, 0.15) is 0 Å². The first-order valence-electron chi connectivity index (χ1n) is 4.85. The van der Waals surface area contributed by atoms with Crippen LogP contribution in [0.4, 0.5) is 0 Å². The molecule has 5 nitrogen and oxygen atoms in total. The number of nitrogens with two attached hydrogens (primary N) is 1. The Bertz CT molecular complexity index is 252. The van der Waals surface area contributed by atoms with Crippen LogP contribution in [0, 0.1) is 0 Å². The van der Waals surface area contributed by atoms with Crippen molar-refractivity contribution in [3.05, 3.63) is 0 Å². The number of halogens is 1. The quantitative estimate of drug-likeness (QED) is 0.281. The highest BCUT2D eigenvalue weighted by Gasteiger charge is 1.91. The fourth-order valence-electron chi connectivity index (χ4n) is 0.166. The van der Waals surface area contributed by atoms with Crippen molar-refractivity contribution in [2.75, 3.05) is 50.5 Å². The minimum absolute atomic E-state index is 0.